The first-order chi connectivity index (χ1) is 8.29. The summed E-state index contributed by atoms with van der Waals surface area (Å²) in [6.07, 6.45) is 7.30. The number of amides is 1. The highest BCUT2D eigenvalue weighted by molar-refractivity contribution is 5.75. The summed E-state index contributed by atoms with van der Waals surface area (Å²) in [5.74, 6) is 1.03. The van der Waals surface area contributed by atoms with Crippen molar-refractivity contribution in [2.45, 2.75) is 58.4 Å². The molecule has 1 aromatic heterocycles. The third-order valence-electron chi connectivity index (χ3n) is 3.21. The van der Waals surface area contributed by atoms with E-state index < -0.39 is 0 Å². The number of fused-ring (bicyclic) bond motifs is 1. The number of unbranched alkanes of at least 4 members (excludes halogenated alkanes) is 1. The molecule has 1 aromatic rings. The normalized spacial score (nSPS) is 14.4. The molecule has 0 spiro atoms. The molecule has 0 aromatic carbocycles. The monoisotopic (exact) mass is 235 g/mol. The van der Waals surface area contributed by atoms with E-state index >= 15 is 0 Å². The highest BCUT2D eigenvalue weighted by atomic mass is 16.1. The molecule has 0 saturated carbocycles. The molecule has 1 aliphatic rings. The highest BCUT2D eigenvalue weighted by Crippen LogP contribution is 2.18. The van der Waals surface area contributed by atoms with Gasteiger partial charge in [-0.1, -0.05) is 13.3 Å². The summed E-state index contributed by atoms with van der Waals surface area (Å²) >= 11 is 0. The van der Waals surface area contributed by atoms with Gasteiger partial charge in [0.1, 0.15) is 5.82 Å². The Hall–Kier alpha value is -1.32. The van der Waals surface area contributed by atoms with E-state index in [9.17, 15) is 4.79 Å². The van der Waals surface area contributed by atoms with Crippen LogP contribution in [-0.4, -0.2) is 15.9 Å². The van der Waals surface area contributed by atoms with Crippen LogP contribution in [0, 0.1) is 0 Å². The lowest BCUT2D eigenvalue weighted by atomic mass is 10.0. The van der Waals surface area contributed by atoms with Gasteiger partial charge >= 0.3 is 0 Å². The zero-order valence-corrected chi connectivity index (χ0v) is 10.5. The maximum atomic E-state index is 11.5. The number of aromatic nitrogens is 2. The van der Waals surface area contributed by atoms with E-state index in [0.29, 0.717) is 13.0 Å². The Balaban J connectivity index is 1.82. The van der Waals surface area contributed by atoms with Gasteiger partial charge in [0.2, 0.25) is 5.91 Å². The lowest BCUT2D eigenvalue weighted by Gasteiger charge is -2.07. The minimum Gasteiger partial charge on any atom is -0.349 e. The molecule has 0 radical (unpaired) electrons. The van der Waals surface area contributed by atoms with E-state index in [1.54, 1.807) is 0 Å². The number of aryl methyl sites for hydroxylation is 2. The molecule has 0 atom stereocenters. The number of carbonyl (C=O) groups is 1. The fourth-order valence-electron chi connectivity index (χ4n) is 2.20. The molecule has 4 nitrogen and oxygen atoms in total. The molecule has 0 unspecified atom stereocenters. The number of rotatable bonds is 5. The van der Waals surface area contributed by atoms with Crippen LogP contribution in [0.25, 0.3) is 0 Å². The lowest BCUT2D eigenvalue weighted by Crippen LogP contribution is -2.22. The summed E-state index contributed by atoms with van der Waals surface area (Å²) in [5, 5.41) is 2.91. The van der Waals surface area contributed by atoms with Gasteiger partial charge in [0, 0.05) is 12.1 Å². The molecule has 1 heterocycles. The maximum Gasteiger partial charge on any atom is 0.220 e. The van der Waals surface area contributed by atoms with E-state index in [-0.39, 0.29) is 5.91 Å². The molecule has 4 heteroatoms. The summed E-state index contributed by atoms with van der Waals surface area (Å²) in [6.45, 7) is 2.63. The molecular weight excluding hydrogens is 214 g/mol. The second kappa shape index (κ2) is 5.84. The number of carbonyl (C=O) groups excluding carboxylic acids is 1. The van der Waals surface area contributed by atoms with Crippen molar-refractivity contribution >= 4 is 5.91 Å². The molecule has 1 aliphatic carbocycles. The third-order valence-corrected chi connectivity index (χ3v) is 3.21. The van der Waals surface area contributed by atoms with Crippen LogP contribution in [0.5, 0.6) is 0 Å². The van der Waals surface area contributed by atoms with E-state index in [1.165, 1.54) is 24.2 Å². The Kier molecular flexibility index (Phi) is 4.18. The Bertz CT molecular complexity index is 361. The van der Waals surface area contributed by atoms with Gasteiger partial charge in [-0.05, 0) is 32.1 Å². The van der Waals surface area contributed by atoms with Crippen molar-refractivity contribution in [3.63, 3.8) is 0 Å². The van der Waals surface area contributed by atoms with Crippen molar-refractivity contribution < 1.29 is 4.79 Å². The summed E-state index contributed by atoms with van der Waals surface area (Å²) in [7, 11) is 0. The number of nitrogens with zero attached hydrogens (tertiary/aromatic N) is 1. The molecule has 94 valence electrons. The second-order valence-corrected chi connectivity index (χ2v) is 4.70. The molecule has 0 aliphatic heterocycles. The number of hydrogen-bond acceptors (Lipinski definition) is 2. The zero-order chi connectivity index (χ0) is 12.1. The number of nitrogens with one attached hydrogen (secondary N) is 2. The molecule has 0 fully saturated rings. The summed E-state index contributed by atoms with van der Waals surface area (Å²) in [6, 6.07) is 0. The van der Waals surface area contributed by atoms with Gasteiger partial charge in [0.15, 0.2) is 0 Å². The number of imidazole rings is 1. The van der Waals surface area contributed by atoms with Crippen molar-refractivity contribution in [3.8, 4) is 0 Å². The quantitative estimate of drug-likeness (QED) is 0.821. The summed E-state index contributed by atoms with van der Waals surface area (Å²) in [5.41, 5.74) is 2.48. The van der Waals surface area contributed by atoms with E-state index in [4.69, 9.17) is 0 Å². The molecular formula is C13H21N3O. The zero-order valence-electron chi connectivity index (χ0n) is 10.5. The fraction of sp³-hybridized carbons (Fsp3) is 0.692. The van der Waals surface area contributed by atoms with Gasteiger partial charge < -0.3 is 10.3 Å². The average Bonchev–Trinajstić information content (AvgIpc) is 2.76. The van der Waals surface area contributed by atoms with Gasteiger partial charge in [-0.15, -0.1) is 0 Å². The predicted molar refractivity (Wildman–Crippen MR) is 66.6 cm³/mol. The Labute approximate surface area is 102 Å². The standard InChI is InChI=1S/C13H21N3O/c1-2-3-8-13(17)14-9-12-15-10-6-4-5-7-11(10)16-12/h2-9H2,1H3,(H,14,17)(H,15,16). The average molecular weight is 235 g/mol. The first kappa shape index (κ1) is 12.1. The van der Waals surface area contributed by atoms with Crippen molar-refractivity contribution in [3.05, 3.63) is 17.2 Å². The minimum absolute atomic E-state index is 0.126. The van der Waals surface area contributed by atoms with Crippen molar-refractivity contribution in [1.29, 1.82) is 0 Å². The van der Waals surface area contributed by atoms with Crippen LogP contribution in [0.2, 0.25) is 0 Å². The van der Waals surface area contributed by atoms with Crippen LogP contribution in [0.3, 0.4) is 0 Å². The summed E-state index contributed by atoms with van der Waals surface area (Å²) in [4.78, 5) is 19.3. The highest BCUT2D eigenvalue weighted by Gasteiger charge is 2.14. The fourth-order valence-corrected chi connectivity index (χ4v) is 2.20. The van der Waals surface area contributed by atoms with E-state index in [1.807, 2.05) is 0 Å². The van der Waals surface area contributed by atoms with Crippen LogP contribution in [0.15, 0.2) is 0 Å². The Morgan fingerprint density at radius 2 is 2.24 bits per heavy atom. The molecule has 2 rings (SSSR count). The number of hydrogen-bond donors (Lipinski definition) is 2. The number of aromatic amines is 1. The molecule has 17 heavy (non-hydrogen) atoms. The van der Waals surface area contributed by atoms with Gasteiger partial charge in [0.05, 0.1) is 12.2 Å². The van der Waals surface area contributed by atoms with Gasteiger partial charge in [-0.2, -0.15) is 0 Å². The van der Waals surface area contributed by atoms with Crippen LogP contribution in [0.1, 0.15) is 56.2 Å². The largest absolute Gasteiger partial charge is 0.349 e. The van der Waals surface area contributed by atoms with Gasteiger partial charge in [-0.3, -0.25) is 4.79 Å². The SMILES string of the molecule is CCCCC(=O)NCc1nc2c([nH]1)CCCC2. The van der Waals surface area contributed by atoms with Crippen molar-refractivity contribution in [1.82, 2.24) is 15.3 Å². The van der Waals surface area contributed by atoms with Crippen LogP contribution >= 0.6 is 0 Å². The predicted octanol–water partition coefficient (Wildman–Crippen LogP) is 2.09. The van der Waals surface area contributed by atoms with E-state index in [2.05, 4.69) is 22.2 Å². The first-order valence-electron chi connectivity index (χ1n) is 6.63. The van der Waals surface area contributed by atoms with Crippen LogP contribution in [-0.2, 0) is 24.2 Å². The maximum absolute atomic E-state index is 11.5. The van der Waals surface area contributed by atoms with Crippen molar-refractivity contribution in [2.75, 3.05) is 0 Å². The lowest BCUT2D eigenvalue weighted by molar-refractivity contribution is -0.121. The molecule has 0 bridgehead atoms. The summed E-state index contributed by atoms with van der Waals surface area (Å²) < 4.78 is 0. The second-order valence-electron chi connectivity index (χ2n) is 4.70. The molecule has 1 amide bonds. The smallest absolute Gasteiger partial charge is 0.220 e. The van der Waals surface area contributed by atoms with Crippen molar-refractivity contribution in [2.24, 2.45) is 0 Å². The van der Waals surface area contributed by atoms with Crippen LogP contribution < -0.4 is 5.32 Å². The molecule has 2 N–H and O–H groups in total. The van der Waals surface area contributed by atoms with Gasteiger partial charge in [0.25, 0.3) is 0 Å². The van der Waals surface area contributed by atoms with Gasteiger partial charge in [-0.25, -0.2) is 4.98 Å². The first-order valence-corrected chi connectivity index (χ1v) is 6.63. The topological polar surface area (TPSA) is 57.8 Å². The Morgan fingerprint density at radius 1 is 1.41 bits per heavy atom. The third kappa shape index (κ3) is 3.32. The van der Waals surface area contributed by atoms with E-state index in [0.717, 1.165) is 31.5 Å². The minimum atomic E-state index is 0.126. The Morgan fingerprint density at radius 3 is 3.00 bits per heavy atom. The molecule has 0 saturated heterocycles. The number of H-pyrrole nitrogens is 1. The van der Waals surface area contributed by atoms with Crippen LogP contribution in [0.4, 0.5) is 0 Å².